The van der Waals surface area contributed by atoms with E-state index >= 15 is 0 Å². The summed E-state index contributed by atoms with van der Waals surface area (Å²) in [5.74, 6) is -0.352. The minimum atomic E-state index is -0.519. The molecule has 1 saturated heterocycles. The Morgan fingerprint density at radius 2 is 2.00 bits per heavy atom. The Kier molecular flexibility index (Phi) is 4.95. The van der Waals surface area contributed by atoms with Crippen LogP contribution >= 0.6 is 0 Å². The molecule has 0 radical (unpaired) electrons. The fourth-order valence-corrected chi connectivity index (χ4v) is 2.22. The first-order valence-corrected chi connectivity index (χ1v) is 6.38. The average Bonchev–Trinajstić information content (AvgIpc) is 2.60. The van der Waals surface area contributed by atoms with E-state index in [1.807, 2.05) is 25.7 Å². The monoisotopic (exact) mass is 257 g/mol. The van der Waals surface area contributed by atoms with Gasteiger partial charge < -0.3 is 15.4 Å². The molecule has 1 heterocycles. The summed E-state index contributed by atoms with van der Waals surface area (Å²) in [4.78, 5) is 26.3. The first-order chi connectivity index (χ1) is 8.40. The molecule has 18 heavy (non-hydrogen) atoms. The molecule has 1 aliphatic heterocycles. The number of nitrogens with zero attached hydrogens (tertiary/aromatic N) is 2. The number of carbonyl (C=O) groups is 2. The van der Waals surface area contributed by atoms with Crippen LogP contribution in [0.4, 0.5) is 4.79 Å². The van der Waals surface area contributed by atoms with Gasteiger partial charge in [-0.25, -0.2) is 4.79 Å². The van der Waals surface area contributed by atoms with Crippen molar-refractivity contribution in [1.29, 1.82) is 0 Å². The second-order valence-electron chi connectivity index (χ2n) is 4.92. The van der Waals surface area contributed by atoms with Gasteiger partial charge in [-0.15, -0.1) is 0 Å². The molecule has 0 spiro atoms. The van der Waals surface area contributed by atoms with E-state index in [0.29, 0.717) is 19.6 Å². The molecule has 104 valence electrons. The maximum absolute atomic E-state index is 11.9. The zero-order valence-electron chi connectivity index (χ0n) is 11.4. The minimum absolute atomic E-state index is 0.221. The second-order valence-corrected chi connectivity index (χ2v) is 4.92. The van der Waals surface area contributed by atoms with Crippen LogP contribution in [0.2, 0.25) is 0 Å². The van der Waals surface area contributed by atoms with E-state index in [4.69, 9.17) is 10.5 Å². The highest BCUT2D eigenvalue weighted by molar-refractivity contribution is 5.76. The van der Waals surface area contributed by atoms with E-state index in [-0.39, 0.29) is 18.5 Å². The van der Waals surface area contributed by atoms with Crippen molar-refractivity contribution in [3.05, 3.63) is 0 Å². The lowest BCUT2D eigenvalue weighted by atomic mass is 10.1. The number of hydrogen-bond acceptors (Lipinski definition) is 4. The molecule has 2 amide bonds. The Hall–Kier alpha value is -1.30. The molecule has 1 aliphatic rings. The molecule has 6 heteroatoms. The molecule has 1 atom stereocenters. The molecule has 0 aromatic rings. The van der Waals surface area contributed by atoms with Gasteiger partial charge in [0.1, 0.15) is 5.60 Å². The number of ether oxygens (including phenoxy) is 1. The summed E-state index contributed by atoms with van der Waals surface area (Å²) in [6.45, 7) is 8.51. The molecular weight excluding hydrogens is 234 g/mol. The number of carbonyl (C=O) groups excluding carboxylic acids is 2. The standard InChI is InChI=1S/C12H23N3O3/c1-4-15(5-2)11(17)18-12(3)6-7-14(9-12)8-10(13)16/h4-9H2,1-3H3,(H2,13,16)/t12-/m1/s1. The minimum Gasteiger partial charge on any atom is -0.442 e. The van der Waals surface area contributed by atoms with Crippen LogP contribution in [-0.2, 0) is 9.53 Å². The number of rotatable bonds is 5. The highest BCUT2D eigenvalue weighted by Gasteiger charge is 2.38. The molecule has 0 aromatic heterocycles. The van der Waals surface area contributed by atoms with Crippen molar-refractivity contribution in [2.75, 3.05) is 32.7 Å². The molecule has 0 aromatic carbocycles. The van der Waals surface area contributed by atoms with Gasteiger partial charge >= 0.3 is 6.09 Å². The van der Waals surface area contributed by atoms with Crippen molar-refractivity contribution < 1.29 is 14.3 Å². The summed E-state index contributed by atoms with van der Waals surface area (Å²) < 4.78 is 5.55. The zero-order chi connectivity index (χ0) is 13.8. The Bertz CT molecular complexity index is 318. The van der Waals surface area contributed by atoms with Crippen molar-refractivity contribution in [3.63, 3.8) is 0 Å². The molecule has 0 saturated carbocycles. The summed E-state index contributed by atoms with van der Waals surface area (Å²) in [5.41, 5.74) is 4.64. The highest BCUT2D eigenvalue weighted by atomic mass is 16.6. The molecule has 6 nitrogen and oxygen atoms in total. The van der Waals surface area contributed by atoms with Gasteiger partial charge in [0.05, 0.1) is 6.54 Å². The Balaban J connectivity index is 2.51. The van der Waals surface area contributed by atoms with Gasteiger partial charge in [-0.1, -0.05) is 0 Å². The lowest BCUT2D eigenvalue weighted by Crippen LogP contribution is -2.42. The van der Waals surface area contributed by atoms with Crippen molar-refractivity contribution in [3.8, 4) is 0 Å². The van der Waals surface area contributed by atoms with Gasteiger partial charge in [-0.2, -0.15) is 0 Å². The topological polar surface area (TPSA) is 75.9 Å². The largest absolute Gasteiger partial charge is 0.442 e. The summed E-state index contributed by atoms with van der Waals surface area (Å²) in [7, 11) is 0. The van der Waals surface area contributed by atoms with Crippen LogP contribution in [0.15, 0.2) is 0 Å². The summed E-state index contributed by atoms with van der Waals surface area (Å²) in [6, 6.07) is 0. The predicted octanol–water partition coefficient (Wildman–Crippen LogP) is 0.415. The summed E-state index contributed by atoms with van der Waals surface area (Å²) in [5, 5.41) is 0. The van der Waals surface area contributed by atoms with E-state index in [1.165, 1.54) is 0 Å². The van der Waals surface area contributed by atoms with E-state index < -0.39 is 5.60 Å². The quantitative estimate of drug-likeness (QED) is 0.774. The lowest BCUT2D eigenvalue weighted by Gasteiger charge is -2.28. The SMILES string of the molecule is CCN(CC)C(=O)O[C@]1(C)CCN(CC(N)=O)C1. The van der Waals surface area contributed by atoms with Gasteiger partial charge in [0.15, 0.2) is 0 Å². The van der Waals surface area contributed by atoms with Gasteiger partial charge in [-0.05, 0) is 20.8 Å². The molecule has 2 N–H and O–H groups in total. The van der Waals surface area contributed by atoms with Crippen molar-refractivity contribution >= 4 is 12.0 Å². The van der Waals surface area contributed by atoms with Crippen LogP contribution in [0.3, 0.4) is 0 Å². The van der Waals surface area contributed by atoms with Crippen LogP contribution in [0.25, 0.3) is 0 Å². The second kappa shape index (κ2) is 6.04. The number of nitrogens with two attached hydrogens (primary N) is 1. The van der Waals surface area contributed by atoms with Crippen molar-refractivity contribution in [2.24, 2.45) is 5.73 Å². The predicted molar refractivity (Wildman–Crippen MR) is 68.1 cm³/mol. The maximum atomic E-state index is 11.9. The zero-order valence-corrected chi connectivity index (χ0v) is 11.4. The third-order valence-electron chi connectivity index (χ3n) is 3.25. The Morgan fingerprint density at radius 3 is 2.50 bits per heavy atom. The third-order valence-corrected chi connectivity index (χ3v) is 3.25. The molecule has 1 rings (SSSR count). The number of likely N-dealkylation sites (tertiary alicyclic amines) is 1. The smallest absolute Gasteiger partial charge is 0.410 e. The molecule has 0 bridgehead atoms. The van der Waals surface area contributed by atoms with Gasteiger partial charge in [0, 0.05) is 32.6 Å². The van der Waals surface area contributed by atoms with Gasteiger partial charge in [0.25, 0.3) is 0 Å². The molecular formula is C12H23N3O3. The molecule has 0 aliphatic carbocycles. The van der Waals surface area contributed by atoms with E-state index in [2.05, 4.69) is 0 Å². The van der Waals surface area contributed by atoms with Gasteiger partial charge in [-0.3, -0.25) is 9.69 Å². The number of amides is 2. The van der Waals surface area contributed by atoms with E-state index in [1.54, 1.807) is 4.90 Å². The summed E-state index contributed by atoms with van der Waals surface area (Å²) in [6.07, 6.45) is 0.441. The first-order valence-electron chi connectivity index (χ1n) is 6.38. The first kappa shape index (κ1) is 14.8. The van der Waals surface area contributed by atoms with Crippen LogP contribution < -0.4 is 5.73 Å². The maximum Gasteiger partial charge on any atom is 0.410 e. The fraction of sp³-hybridized carbons (Fsp3) is 0.833. The Morgan fingerprint density at radius 1 is 1.39 bits per heavy atom. The Labute approximate surface area is 108 Å². The van der Waals surface area contributed by atoms with Crippen LogP contribution in [-0.4, -0.2) is 60.1 Å². The summed E-state index contributed by atoms with van der Waals surface area (Å²) >= 11 is 0. The van der Waals surface area contributed by atoms with Crippen molar-refractivity contribution in [2.45, 2.75) is 32.8 Å². The van der Waals surface area contributed by atoms with Gasteiger partial charge in [0.2, 0.25) is 5.91 Å². The van der Waals surface area contributed by atoms with E-state index in [0.717, 1.165) is 13.0 Å². The number of primary amides is 1. The van der Waals surface area contributed by atoms with Crippen LogP contribution in [0.5, 0.6) is 0 Å². The highest BCUT2D eigenvalue weighted by Crippen LogP contribution is 2.25. The molecule has 0 unspecified atom stereocenters. The average molecular weight is 257 g/mol. The van der Waals surface area contributed by atoms with Crippen molar-refractivity contribution in [1.82, 2.24) is 9.80 Å². The lowest BCUT2D eigenvalue weighted by molar-refractivity contribution is -0.119. The normalized spacial score (nSPS) is 23.9. The number of hydrogen-bond donors (Lipinski definition) is 1. The van der Waals surface area contributed by atoms with E-state index in [9.17, 15) is 9.59 Å². The molecule has 1 fully saturated rings. The van der Waals surface area contributed by atoms with Crippen LogP contribution in [0, 0.1) is 0 Å². The van der Waals surface area contributed by atoms with Crippen LogP contribution in [0.1, 0.15) is 27.2 Å². The third kappa shape index (κ3) is 3.87. The fourth-order valence-electron chi connectivity index (χ4n) is 2.22.